The highest BCUT2D eigenvalue weighted by Gasteiger charge is 2.15. The third-order valence-electron chi connectivity index (χ3n) is 3.55. The number of aryl methyl sites for hydroxylation is 1. The van der Waals surface area contributed by atoms with E-state index in [1.54, 1.807) is 12.1 Å². The Hall–Kier alpha value is -2.36. The molecule has 0 fully saturated rings. The summed E-state index contributed by atoms with van der Waals surface area (Å²) in [5, 5.41) is 3.31. The standard InChI is InChI=1S/C18H22N2O2/c1-12-6-8-14(18(2,3)4)10-15(12)20-16-9-7-13(11-19-16)17(21)22-5/h6-11H,1-5H3,(H,19,20). The third-order valence-corrected chi connectivity index (χ3v) is 3.55. The second kappa shape index (κ2) is 6.18. The van der Waals surface area contributed by atoms with Gasteiger partial charge in [-0.25, -0.2) is 9.78 Å². The van der Waals surface area contributed by atoms with Crippen LogP contribution in [-0.2, 0) is 10.2 Å². The van der Waals surface area contributed by atoms with Crippen molar-refractivity contribution in [1.82, 2.24) is 4.98 Å². The van der Waals surface area contributed by atoms with Crippen LogP contribution in [0.1, 0.15) is 42.3 Å². The van der Waals surface area contributed by atoms with Gasteiger partial charge in [0.1, 0.15) is 5.82 Å². The van der Waals surface area contributed by atoms with Gasteiger partial charge >= 0.3 is 5.97 Å². The summed E-state index contributed by atoms with van der Waals surface area (Å²) in [6.45, 7) is 8.61. The lowest BCUT2D eigenvalue weighted by Crippen LogP contribution is -2.11. The van der Waals surface area contributed by atoms with Gasteiger partial charge in [0.25, 0.3) is 0 Å². The van der Waals surface area contributed by atoms with E-state index in [0.29, 0.717) is 11.4 Å². The van der Waals surface area contributed by atoms with E-state index < -0.39 is 0 Å². The summed E-state index contributed by atoms with van der Waals surface area (Å²) in [5.41, 5.74) is 3.95. The Morgan fingerprint density at radius 2 is 1.91 bits per heavy atom. The Bertz CT molecular complexity index is 670. The fourth-order valence-electron chi connectivity index (χ4n) is 2.07. The maximum Gasteiger partial charge on any atom is 0.339 e. The van der Waals surface area contributed by atoms with Crippen molar-refractivity contribution in [3.63, 3.8) is 0 Å². The quantitative estimate of drug-likeness (QED) is 0.862. The van der Waals surface area contributed by atoms with Gasteiger partial charge in [-0.15, -0.1) is 0 Å². The summed E-state index contributed by atoms with van der Waals surface area (Å²) in [5.74, 6) is 0.312. The number of aromatic nitrogens is 1. The van der Waals surface area contributed by atoms with Crippen LogP contribution in [0.2, 0.25) is 0 Å². The van der Waals surface area contributed by atoms with E-state index in [1.165, 1.54) is 18.9 Å². The number of nitrogens with zero attached hydrogens (tertiary/aromatic N) is 1. The van der Waals surface area contributed by atoms with Crippen molar-refractivity contribution >= 4 is 17.5 Å². The molecular weight excluding hydrogens is 276 g/mol. The van der Waals surface area contributed by atoms with E-state index in [1.807, 2.05) is 0 Å². The molecule has 0 spiro atoms. The van der Waals surface area contributed by atoms with Crippen molar-refractivity contribution in [2.75, 3.05) is 12.4 Å². The molecule has 0 saturated carbocycles. The predicted octanol–water partition coefficient (Wildman–Crippen LogP) is 4.22. The molecular formula is C18H22N2O2. The van der Waals surface area contributed by atoms with Crippen LogP contribution in [0, 0.1) is 6.92 Å². The average molecular weight is 298 g/mol. The molecule has 0 bridgehead atoms. The summed E-state index contributed by atoms with van der Waals surface area (Å²) >= 11 is 0. The Morgan fingerprint density at radius 3 is 2.45 bits per heavy atom. The molecule has 1 N–H and O–H groups in total. The molecule has 0 aliphatic carbocycles. The topological polar surface area (TPSA) is 51.2 Å². The number of benzene rings is 1. The van der Waals surface area contributed by atoms with Crippen molar-refractivity contribution < 1.29 is 9.53 Å². The number of carbonyl (C=O) groups excluding carboxylic acids is 1. The van der Waals surface area contributed by atoms with E-state index in [2.05, 4.69) is 60.9 Å². The number of anilines is 2. The Morgan fingerprint density at radius 1 is 1.18 bits per heavy atom. The third kappa shape index (κ3) is 3.64. The highest BCUT2D eigenvalue weighted by molar-refractivity contribution is 5.89. The summed E-state index contributed by atoms with van der Waals surface area (Å²) in [7, 11) is 1.36. The Kier molecular flexibility index (Phi) is 4.50. The van der Waals surface area contributed by atoms with Gasteiger partial charge in [0.05, 0.1) is 12.7 Å². The van der Waals surface area contributed by atoms with Crippen molar-refractivity contribution in [3.8, 4) is 0 Å². The highest BCUT2D eigenvalue weighted by atomic mass is 16.5. The first-order valence-electron chi connectivity index (χ1n) is 7.24. The number of hydrogen-bond donors (Lipinski definition) is 1. The molecule has 2 rings (SSSR count). The van der Waals surface area contributed by atoms with E-state index in [9.17, 15) is 4.79 Å². The van der Waals surface area contributed by atoms with Crippen molar-refractivity contribution in [2.24, 2.45) is 0 Å². The van der Waals surface area contributed by atoms with E-state index in [4.69, 9.17) is 0 Å². The fourth-order valence-corrected chi connectivity index (χ4v) is 2.07. The van der Waals surface area contributed by atoms with Crippen LogP contribution in [0.5, 0.6) is 0 Å². The summed E-state index contributed by atoms with van der Waals surface area (Å²) in [4.78, 5) is 15.7. The SMILES string of the molecule is COC(=O)c1ccc(Nc2cc(C(C)(C)C)ccc2C)nc1. The number of hydrogen-bond acceptors (Lipinski definition) is 4. The molecule has 0 aliphatic rings. The molecule has 0 amide bonds. The number of methoxy groups -OCH3 is 1. The summed E-state index contributed by atoms with van der Waals surface area (Å²) in [6.07, 6.45) is 1.51. The second-order valence-electron chi connectivity index (χ2n) is 6.33. The zero-order chi connectivity index (χ0) is 16.3. The lowest BCUT2D eigenvalue weighted by atomic mass is 9.86. The van der Waals surface area contributed by atoms with Crippen LogP contribution >= 0.6 is 0 Å². The van der Waals surface area contributed by atoms with Gasteiger partial charge in [0, 0.05) is 11.9 Å². The van der Waals surface area contributed by atoms with Crippen LogP contribution < -0.4 is 5.32 Å². The number of carbonyl (C=O) groups is 1. The molecule has 0 atom stereocenters. The van der Waals surface area contributed by atoms with Gasteiger partial charge in [-0.3, -0.25) is 0 Å². The Balaban J connectivity index is 2.25. The van der Waals surface area contributed by atoms with Gasteiger partial charge in [0.2, 0.25) is 0 Å². The first kappa shape index (κ1) is 16.0. The minimum absolute atomic E-state index is 0.0896. The molecule has 4 nitrogen and oxygen atoms in total. The maximum atomic E-state index is 11.4. The fraction of sp³-hybridized carbons (Fsp3) is 0.333. The molecule has 22 heavy (non-hydrogen) atoms. The van der Waals surface area contributed by atoms with Crippen molar-refractivity contribution in [3.05, 3.63) is 53.2 Å². The maximum absolute atomic E-state index is 11.4. The van der Waals surface area contributed by atoms with Gasteiger partial charge < -0.3 is 10.1 Å². The van der Waals surface area contributed by atoms with Gasteiger partial charge in [-0.05, 0) is 41.7 Å². The normalized spacial score (nSPS) is 11.1. The van der Waals surface area contributed by atoms with Crippen molar-refractivity contribution in [1.29, 1.82) is 0 Å². The molecule has 0 unspecified atom stereocenters. The smallest absolute Gasteiger partial charge is 0.339 e. The summed E-state index contributed by atoms with van der Waals surface area (Å²) in [6, 6.07) is 9.87. The minimum atomic E-state index is -0.384. The zero-order valence-electron chi connectivity index (χ0n) is 13.7. The lowest BCUT2D eigenvalue weighted by molar-refractivity contribution is 0.0600. The van der Waals surface area contributed by atoms with E-state index >= 15 is 0 Å². The molecule has 0 radical (unpaired) electrons. The summed E-state index contributed by atoms with van der Waals surface area (Å²) < 4.78 is 4.67. The molecule has 4 heteroatoms. The monoisotopic (exact) mass is 298 g/mol. The van der Waals surface area contributed by atoms with Crippen LogP contribution in [0.25, 0.3) is 0 Å². The molecule has 1 aromatic carbocycles. The molecule has 1 aromatic heterocycles. The predicted molar refractivity (Wildman–Crippen MR) is 88.7 cm³/mol. The highest BCUT2D eigenvalue weighted by Crippen LogP contribution is 2.28. The molecule has 0 aliphatic heterocycles. The largest absolute Gasteiger partial charge is 0.465 e. The first-order valence-corrected chi connectivity index (χ1v) is 7.24. The van der Waals surface area contributed by atoms with Gasteiger partial charge in [0.15, 0.2) is 0 Å². The van der Waals surface area contributed by atoms with E-state index in [0.717, 1.165) is 11.3 Å². The van der Waals surface area contributed by atoms with Crippen molar-refractivity contribution in [2.45, 2.75) is 33.1 Å². The lowest BCUT2D eigenvalue weighted by Gasteiger charge is -2.21. The van der Waals surface area contributed by atoms with E-state index in [-0.39, 0.29) is 11.4 Å². The molecule has 1 heterocycles. The minimum Gasteiger partial charge on any atom is -0.465 e. The second-order valence-corrected chi connectivity index (χ2v) is 6.33. The number of nitrogens with one attached hydrogen (secondary N) is 1. The van der Waals surface area contributed by atoms with Gasteiger partial charge in [-0.1, -0.05) is 32.9 Å². The molecule has 0 saturated heterocycles. The van der Waals surface area contributed by atoms with Gasteiger partial charge in [-0.2, -0.15) is 0 Å². The number of pyridine rings is 1. The van der Waals surface area contributed by atoms with Crippen LogP contribution in [-0.4, -0.2) is 18.1 Å². The number of ether oxygens (including phenoxy) is 1. The molecule has 2 aromatic rings. The molecule has 116 valence electrons. The van der Waals surface area contributed by atoms with Crippen LogP contribution in [0.15, 0.2) is 36.5 Å². The average Bonchev–Trinajstić information content (AvgIpc) is 2.48. The first-order chi connectivity index (χ1) is 10.3. The van der Waals surface area contributed by atoms with Crippen LogP contribution in [0.4, 0.5) is 11.5 Å². The number of esters is 1. The van der Waals surface area contributed by atoms with Crippen LogP contribution in [0.3, 0.4) is 0 Å². The zero-order valence-corrected chi connectivity index (χ0v) is 13.7. The Labute approximate surface area is 131 Å². The number of rotatable bonds is 3.